The van der Waals surface area contributed by atoms with Crippen molar-refractivity contribution in [2.45, 2.75) is 24.3 Å². The van der Waals surface area contributed by atoms with Gasteiger partial charge < -0.3 is 10.2 Å². The van der Waals surface area contributed by atoms with Crippen molar-refractivity contribution in [2.24, 2.45) is 0 Å². The summed E-state index contributed by atoms with van der Waals surface area (Å²) in [5.41, 5.74) is 0. The Morgan fingerprint density at radius 2 is 2.19 bits per heavy atom. The molecule has 0 aliphatic carbocycles. The molecule has 0 amide bonds. The van der Waals surface area contributed by atoms with Gasteiger partial charge in [-0.3, -0.25) is 0 Å². The van der Waals surface area contributed by atoms with Crippen LogP contribution >= 0.6 is 11.6 Å². The molecule has 6 nitrogen and oxygen atoms in total. The van der Waals surface area contributed by atoms with Gasteiger partial charge in [-0.25, -0.2) is 13.4 Å². The van der Waals surface area contributed by atoms with E-state index in [0.29, 0.717) is 23.9 Å². The molecule has 118 valence electrons. The van der Waals surface area contributed by atoms with Crippen LogP contribution in [0.2, 0.25) is 5.02 Å². The van der Waals surface area contributed by atoms with Gasteiger partial charge in [0.25, 0.3) is 0 Å². The number of hydrogen-bond acceptors (Lipinski definition) is 5. The van der Waals surface area contributed by atoms with Crippen LogP contribution in [0.15, 0.2) is 17.2 Å². The Labute approximate surface area is 131 Å². The number of halogens is 1. The highest BCUT2D eigenvalue weighted by Gasteiger charge is 2.32. The highest BCUT2D eigenvalue weighted by Crippen LogP contribution is 2.25. The minimum atomic E-state index is -3.54. The van der Waals surface area contributed by atoms with Crippen LogP contribution in [0.1, 0.15) is 13.3 Å². The molecule has 1 aromatic heterocycles. The van der Waals surface area contributed by atoms with Gasteiger partial charge >= 0.3 is 0 Å². The number of hydrogen-bond donors (Lipinski definition) is 1. The summed E-state index contributed by atoms with van der Waals surface area (Å²) in [5.74, 6) is 0.473. The molecule has 1 aliphatic heterocycles. The fourth-order valence-electron chi connectivity index (χ4n) is 2.47. The van der Waals surface area contributed by atoms with Crippen molar-refractivity contribution < 1.29 is 8.42 Å². The SMILES string of the molecule is CCC1CN(S(=O)(=O)c2cnc(NC)c(Cl)c2)CCN1C. The molecule has 1 fully saturated rings. The summed E-state index contributed by atoms with van der Waals surface area (Å²) in [5, 5.41) is 3.12. The number of nitrogens with zero attached hydrogens (tertiary/aromatic N) is 3. The standard InChI is InChI=1S/C13H21ClN4O2S/c1-4-10-9-18(6-5-17(10)3)21(19,20)11-7-12(14)13(15-2)16-8-11/h7-8,10H,4-6,9H2,1-3H3,(H,15,16). The second kappa shape index (κ2) is 6.48. The Balaban J connectivity index is 2.27. The normalized spacial score (nSPS) is 21.4. The lowest BCUT2D eigenvalue weighted by atomic mass is 10.1. The first-order valence-electron chi connectivity index (χ1n) is 6.93. The first kappa shape index (κ1) is 16.5. The monoisotopic (exact) mass is 332 g/mol. The van der Waals surface area contributed by atoms with Gasteiger partial charge in [-0.2, -0.15) is 4.31 Å². The number of likely N-dealkylation sites (N-methyl/N-ethyl adjacent to an activating group) is 1. The van der Waals surface area contributed by atoms with E-state index in [2.05, 4.69) is 22.1 Å². The van der Waals surface area contributed by atoms with Crippen LogP contribution in [0.3, 0.4) is 0 Å². The summed E-state index contributed by atoms with van der Waals surface area (Å²) < 4.78 is 26.9. The molecule has 8 heteroatoms. The van der Waals surface area contributed by atoms with Crippen LogP contribution in [-0.4, -0.2) is 62.4 Å². The number of piperazine rings is 1. The maximum absolute atomic E-state index is 12.7. The number of pyridine rings is 1. The lowest BCUT2D eigenvalue weighted by Gasteiger charge is -2.38. The van der Waals surface area contributed by atoms with E-state index < -0.39 is 10.0 Å². The highest BCUT2D eigenvalue weighted by atomic mass is 35.5. The van der Waals surface area contributed by atoms with Gasteiger partial charge in [0.1, 0.15) is 10.7 Å². The predicted molar refractivity (Wildman–Crippen MR) is 84.3 cm³/mol. The zero-order valence-corrected chi connectivity index (χ0v) is 14.1. The molecule has 0 spiro atoms. The molecular weight excluding hydrogens is 312 g/mol. The molecule has 1 N–H and O–H groups in total. The van der Waals surface area contributed by atoms with E-state index in [1.54, 1.807) is 7.05 Å². The third kappa shape index (κ3) is 3.31. The number of sulfonamides is 1. The van der Waals surface area contributed by atoms with Gasteiger partial charge in [0.15, 0.2) is 0 Å². The summed E-state index contributed by atoms with van der Waals surface area (Å²) in [6, 6.07) is 1.70. The van der Waals surface area contributed by atoms with E-state index in [0.717, 1.165) is 13.0 Å². The number of nitrogens with one attached hydrogen (secondary N) is 1. The van der Waals surface area contributed by atoms with E-state index in [4.69, 9.17) is 11.6 Å². The Hall–Kier alpha value is -0.890. The van der Waals surface area contributed by atoms with Crippen molar-refractivity contribution in [1.29, 1.82) is 0 Å². The molecule has 1 aromatic rings. The average molecular weight is 333 g/mol. The van der Waals surface area contributed by atoms with Gasteiger partial charge in [0, 0.05) is 38.9 Å². The topological polar surface area (TPSA) is 65.5 Å². The summed E-state index contributed by atoms with van der Waals surface area (Å²) in [7, 11) is 0.171. The van der Waals surface area contributed by atoms with Gasteiger partial charge in [-0.15, -0.1) is 0 Å². The van der Waals surface area contributed by atoms with Gasteiger partial charge in [0.2, 0.25) is 10.0 Å². The quantitative estimate of drug-likeness (QED) is 0.905. The largest absolute Gasteiger partial charge is 0.372 e. The molecule has 1 unspecified atom stereocenters. The Morgan fingerprint density at radius 1 is 1.48 bits per heavy atom. The maximum atomic E-state index is 12.7. The minimum Gasteiger partial charge on any atom is -0.372 e. The molecule has 1 atom stereocenters. The Kier molecular flexibility index (Phi) is 5.08. The second-order valence-corrected chi connectivity index (χ2v) is 7.50. The predicted octanol–water partition coefficient (Wildman–Crippen LogP) is 1.49. The van der Waals surface area contributed by atoms with Crippen LogP contribution in [-0.2, 0) is 10.0 Å². The molecule has 0 saturated carbocycles. The second-order valence-electron chi connectivity index (χ2n) is 5.16. The lowest BCUT2D eigenvalue weighted by Crippen LogP contribution is -2.52. The van der Waals surface area contributed by atoms with E-state index >= 15 is 0 Å². The summed E-state index contributed by atoms with van der Waals surface area (Å²) in [6.45, 7) is 3.78. The maximum Gasteiger partial charge on any atom is 0.244 e. The minimum absolute atomic E-state index is 0.144. The van der Waals surface area contributed by atoms with Crippen molar-refractivity contribution in [2.75, 3.05) is 39.0 Å². The first-order valence-corrected chi connectivity index (χ1v) is 8.75. The van der Waals surface area contributed by atoms with Crippen molar-refractivity contribution in [3.63, 3.8) is 0 Å². The summed E-state index contributed by atoms with van der Waals surface area (Å²) in [6.07, 6.45) is 2.27. The Morgan fingerprint density at radius 3 is 2.76 bits per heavy atom. The van der Waals surface area contributed by atoms with Crippen LogP contribution in [0, 0.1) is 0 Å². The van der Waals surface area contributed by atoms with E-state index in [-0.39, 0.29) is 10.9 Å². The van der Waals surface area contributed by atoms with Crippen molar-refractivity contribution in [1.82, 2.24) is 14.2 Å². The van der Waals surface area contributed by atoms with Gasteiger partial charge in [-0.1, -0.05) is 18.5 Å². The molecule has 21 heavy (non-hydrogen) atoms. The average Bonchev–Trinajstić information content (AvgIpc) is 2.47. The third-order valence-electron chi connectivity index (χ3n) is 3.90. The van der Waals surface area contributed by atoms with Crippen LogP contribution in [0.4, 0.5) is 5.82 Å². The number of aromatic nitrogens is 1. The lowest BCUT2D eigenvalue weighted by molar-refractivity contribution is 0.144. The molecule has 0 bridgehead atoms. The van der Waals surface area contributed by atoms with E-state index in [1.807, 2.05) is 7.05 Å². The van der Waals surface area contributed by atoms with Gasteiger partial charge in [0.05, 0.1) is 5.02 Å². The van der Waals surface area contributed by atoms with Crippen molar-refractivity contribution >= 4 is 27.4 Å². The molecule has 1 aliphatic rings. The summed E-state index contributed by atoms with van der Waals surface area (Å²) in [4.78, 5) is 6.39. The zero-order valence-electron chi connectivity index (χ0n) is 12.5. The van der Waals surface area contributed by atoms with Crippen molar-refractivity contribution in [3.8, 4) is 0 Å². The highest BCUT2D eigenvalue weighted by molar-refractivity contribution is 7.89. The van der Waals surface area contributed by atoms with Crippen LogP contribution in [0.25, 0.3) is 0 Å². The molecule has 0 radical (unpaired) electrons. The fraction of sp³-hybridized carbons (Fsp3) is 0.615. The molecule has 1 saturated heterocycles. The third-order valence-corrected chi connectivity index (χ3v) is 6.02. The van der Waals surface area contributed by atoms with E-state index in [1.165, 1.54) is 16.6 Å². The molecule has 2 heterocycles. The summed E-state index contributed by atoms with van der Waals surface area (Å²) >= 11 is 6.04. The van der Waals surface area contributed by atoms with Crippen molar-refractivity contribution in [3.05, 3.63) is 17.3 Å². The molecular formula is C13H21ClN4O2S. The van der Waals surface area contributed by atoms with Crippen LogP contribution in [0.5, 0.6) is 0 Å². The number of rotatable bonds is 4. The molecule has 2 rings (SSSR count). The van der Waals surface area contributed by atoms with E-state index in [9.17, 15) is 8.42 Å². The van der Waals surface area contributed by atoms with Gasteiger partial charge in [-0.05, 0) is 19.5 Å². The smallest absolute Gasteiger partial charge is 0.244 e. The molecule has 0 aromatic carbocycles. The van der Waals surface area contributed by atoms with Crippen LogP contribution < -0.4 is 5.32 Å². The first-order chi connectivity index (χ1) is 9.90. The zero-order chi connectivity index (χ0) is 15.6. The fourth-order valence-corrected chi connectivity index (χ4v) is 4.24. The Bertz CT molecular complexity index is 608. The number of anilines is 1.